The smallest absolute Gasteiger partial charge is 0.274 e. The molecular weight excluding hydrogens is 340 g/mol. The van der Waals surface area contributed by atoms with Crippen LogP contribution in [0.1, 0.15) is 123 Å². The molecule has 0 aromatic carbocycles. The van der Waals surface area contributed by atoms with Gasteiger partial charge in [0.15, 0.2) is 0 Å². The first-order valence-electron chi connectivity index (χ1n) is 11.7. The summed E-state index contributed by atoms with van der Waals surface area (Å²) in [5.74, 6) is -2.05. The van der Waals surface area contributed by atoms with Crippen molar-refractivity contribution in [1.29, 1.82) is 0 Å². The minimum atomic E-state index is -2.05. The zero-order valence-electron chi connectivity index (χ0n) is 18.1. The van der Waals surface area contributed by atoms with Crippen molar-refractivity contribution in [3.63, 3.8) is 0 Å². The van der Waals surface area contributed by atoms with Crippen LogP contribution in [0.4, 0.5) is 0 Å². The molecule has 1 aliphatic rings. The monoisotopic (exact) mass is 386 g/mol. The number of hydrogen-bond donors (Lipinski definition) is 2. The Bertz CT molecular complexity index is 334. The lowest BCUT2D eigenvalue weighted by Crippen LogP contribution is -2.33. The van der Waals surface area contributed by atoms with Gasteiger partial charge in [-0.2, -0.15) is 0 Å². The lowest BCUT2D eigenvalue weighted by molar-refractivity contribution is -0.329. The topological polar surface area (TPSA) is 62.2 Å². The van der Waals surface area contributed by atoms with Crippen molar-refractivity contribution in [2.45, 2.75) is 135 Å². The zero-order valence-corrected chi connectivity index (χ0v) is 18.1. The van der Waals surface area contributed by atoms with Gasteiger partial charge in [0.1, 0.15) is 5.60 Å². The van der Waals surface area contributed by atoms with Gasteiger partial charge in [-0.05, 0) is 6.42 Å². The van der Waals surface area contributed by atoms with Crippen LogP contribution in [-0.2, 0) is 9.47 Å². The molecule has 4 heteroatoms. The van der Waals surface area contributed by atoms with Crippen LogP contribution in [0.5, 0.6) is 0 Å². The Kier molecular flexibility index (Phi) is 13.6. The van der Waals surface area contributed by atoms with Gasteiger partial charge in [0.25, 0.3) is 5.97 Å². The molecule has 1 aliphatic heterocycles. The minimum Gasteiger partial charge on any atom is -0.367 e. The molecule has 4 nitrogen and oxygen atoms in total. The molecule has 1 heterocycles. The lowest BCUT2D eigenvalue weighted by atomic mass is 10.0. The second kappa shape index (κ2) is 14.8. The maximum Gasteiger partial charge on any atom is 0.274 e. The van der Waals surface area contributed by atoms with Gasteiger partial charge in [0.2, 0.25) is 0 Å². The van der Waals surface area contributed by atoms with Crippen LogP contribution in [0.2, 0.25) is 0 Å². The molecule has 162 valence electrons. The van der Waals surface area contributed by atoms with Crippen molar-refractivity contribution >= 4 is 0 Å². The van der Waals surface area contributed by atoms with Gasteiger partial charge in [0.05, 0.1) is 13.2 Å². The Balaban J connectivity index is 1.76. The summed E-state index contributed by atoms with van der Waals surface area (Å²) in [6, 6.07) is 0. The van der Waals surface area contributed by atoms with Crippen molar-refractivity contribution in [1.82, 2.24) is 0 Å². The number of hydrogen-bond acceptors (Lipinski definition) is 4. The number of aliphatic hydroxyl groups is 2. The molecule has 0 aromatic rings. The third kappa shape index (κ3) is 15.4. The van der Waals surface area contributed by atoms with E-state index in [-0.39, 0.29) is 12.2 Å². The molecular formula is C23H46O4. The van der Waals surface area contributed by atoms with E-state index in [2.05, 4.69) is 6.92 Å². The quantitative estimate of drug-likeness (QED) is 0.151. The van der Waals surface area contributed by atoms with E-state index in [9.17, 15) is 10.2 Å². The van der Waals surface area contributed by atoms with E-state index >= 15 is 0 Å². The Labute approximate surface area is 168 Å². The molecule has 1 unspecified atom stereocenters. The molecule has 1 atom stereocenters. The molecule has 1 fully saturated rings. The maximum atomic E-state index is 9.20. The van der Waals surface area contributed by atoms with E-state index < -0.39 is 5.97 Å². The molecule has 0 bridgehead atoms. The van der Waals surface area contributed by atoms with Gasteiger partial charge in [-0.15, -0.1) is 0 Å². The summed E-state index contributed by atoms with van der Waals surface area (Å²) < 4.78 is 10.5. The minimum absolute atomic E-state index is 0.247. The Hall–Kier alpha value is -0.160. The predicted octanol–water partition coefficient (Wildman–Crippen LogP) is 6.08. The predicted molar refractivity (Wildman–Crippen MR) is 112 cm³/mol. The molecule has 0 radical (unpaired) electrons. The number of unbranched alkanes of at least 4 members (excludes halogenated alkanes) is 15. The third-order valence-electron chi connectivity index (χ3n) is 5.65. The number of ether oxygens (including phenoxy) is 2. The van der Waals surface area contributed by atoms with Crippen molar-refractivity contribution in [3.8, 4) is 0 Å². The first-order chi connectivity index (χ1) is 13.0. The summed E-state index contributed by atoms with van der Waals surface area (Å²) in [7, 11) is 0. The molecule has 0 aromatic heterocycles. The summed E-state index contributed by atoms with van der Waals surface area (Å²) in [5.41, 5.74) is -0.247. The van der Waals surface area contributed by atoms with Gasteiger partial charge in [-0.3, -0.25) is 0 Å². The van der Waals surface area contributed by atoms with Gasteiger partial charge < -0.3 is 19.7 Å². The molecule has 0 saturated carbocycles. The zero-order chi connectivity index (χ0) is 19.8. The fourth-order valence-electron chi connectivity index (χ4n) is 3.67. The van der Waals surface area contributed by atoms with Gasteiger partial charge in [-0.1, -0.05) is 110 Å². The normalized spacial score (nSPS) is 19.6. The second-order valence-electron chi connectivity index (χ2n) is 8.75. The highest BCUT2D eigenvalue weighted by Gasteiger charge is 2.45. The molecule has 2 N–H and O–H groups in total. The first-order valence-corrected chi connectivity index (χ1v) is 11.7. The van der Waals surface area contributed by atoms with Crippen molar-refractivity contribution in [2.75, 3.05) is 13.2 Å². The summed E-state index contributed by atoms with van der Waals surface area (Å²) in [6.07, 6.45) is 22.9. The van der Waals surface area contributed by atoms with E-state index in [0.717, 1.165) is 12.8 Å². The van der Waals surface area contributed by atoms with Crippen LogP contribution in [0.15, 0.2) is 0 Å². The average molecular weight is 387 g/mol. The van der Waals surface area contributed by atoms with E-state index in [4.69, 9.17) is 9.47 Å². The van der Waals surface area contributed by atoms with Crippen LogP contribution in [0.3, 0.4) is 0 Å². The molecule has 0 spiro atoms. The van der Waals surface area contributed by atoms with Crippen molar-refractivity contribution in [3.05, 3.63) is 0 Å². The summed E-state index contributed by atoms with van der Waals surface area (Å²) in [4.78, 5) is 0. The summed E-state index contributed by atoms with van der Waals surface area (Å²) >= 11 is 0. The molecule has 0 amide bonds. The Morgan fingerprint density at radius 3 is 1.44 bits per heavy atom. The fourth-order valence-corrected chi connectivity index (χ4v) is 3.67. The highest BCUT2D eigenvalue weighted by molar-refractivity contribution is 4.92. The van der Waals surface area contributed by atoms with Gasteiger partial charge in [-0.25, -0.2) is 0 Å². The van der Waals surface area contributed by atoms with Gasteiger partial charge in [0, 0.05) is 6.92 Å². The van der Waals surface area contributed by atoms with Crippen molar-refractivity contribution in [2.24, 2.45) is 0 Å². The standard InChI is InChI=1S/C23H46O4/c1-3-4-5-6-7-8-9-10-11-12-13-14-15-16-17-18-19-23(21-27-23)20-26-22(2,24)25/h24-25H,3-21H2,1-2H3. The summed E-state index contributed by atoms with van der Waals surface area (Å²) in [6.45, 7) is 4.47. The Morgan fingerprint density at radius 1 is 0.741 bits per heavy atom. The highest BCUT2D eigenvalue weighted by atomic mass is 16.8. The second-order valence-corrected chi connectivity index (χ2v) is 8.75. The average Bonchev–Trinajstić information content (AvgIpc) is 3.39. The molecule has 0 aliphatic carbocycles. The molecule has 1 saturated heterocycles. The highest BCUT2D eigenvalue weighted by Crippen LogP contribution is 2.34. The molecule has 1 rings (SSSR count). The Morgan fingerprint density at radius 2 is 1.11 bits per heavy atom. The van der Waals surface area contributed by atoms with Crippen molar-refractivity contribution < 1.29 is 19.7 Å². The number of epoxide rings is 1. The maximum absolute atomic E-state index is 9.20. The van der Waals surface area contributed by atoms with Crippen LogP contribution < -0.4 is 0 Å². The van der Waals surface area contributed by atoms with Gasteiger partial charge >= 0.3 is 0 Å². The van der Waals surface area contributed by atoms with Crippen LogP contribution in [0, 0.1) is 0 Å². The van der Waals surface area contributed by atoms with E-state index in [1.807, 2.05) is 0 Å². The third-order valence-corrected chi connectivity index (χ3v) is 5.65. The number of rotatable bonds is 20. The fraction of sp³-hybridized carbons (Fsp3) is 1.00. The SMILES string of the molecule is CCCCCCCCCCCCCCCCCCC1(COC(C)(O)O)CO1. The van der Waals surface area contributed by atoms with E-state index in [0.29, 0.717) is 6.61 Å². The van der Waals surface area contributed by atoms with Crippen LogP contribution in [0.25, 0.3) is 0 Å². The van der Waals surface area contributed by atoms with E-state index in [1.165, 1.54) is 103 Å². The largest absolute Gasteiger partial charge is 0.367 e. The molecule has 27 heavy (non-hydrogen) atoms. The lowest BCUT2D eigenvalue weighted by Gasteiger charge is -2.19. The van der Waals surface area contributed by atoms with Crippen LogP contribution >= 0.6 is 0 Å². The van der Waals surface area contributed by atoms with E-state index in [1.54, 1.807) is 0 Å². The summed E-state index contributed by atoms with van der Waals surface area (Å²) in [5, 5.41) is 18.4. The first kappa shape index (κ1) is 24.9. The van der Waals surface area contributed by atoms with Crippen LogP contribution in [-0.4, -0.2) is 35.0 Å².